The van der Waals surface area contributed by atoms with Crippen LogP contribution in [0.2, 0.25) is 0 Å². The third kappa shape index (κ3) is 3.35. The monoisotopic (exact) mass is 269 g/mol. The number of carbonyl (C=O) groups is 1. The molecule has 0 unspecified atom stereocenters. The first-order chi connectivity index (χ1) is 9.58. The van der Waals surface area contributed by atoms with E-state index >= 15 is 0 Å². The van der Waals surface area contributed by atoms with Crippen molar-refractivity contribution in [3.8, 4) is 0 Å². The van der Waals surface area contributed by atoms with Crippen LogP contribution in [0.4, 0.5) is 5.82 Å². The molecule has 1 N–H and O–H groups in total. The Labute approximate surface area is 119 Å². The predicted octanol–water partition coefficient (Wildman–Crippen LogP) is 2.39. The lowest BCUT2D eigenvalue weighted by Gasteiger charge is -2.15. The highest BCUT2D eigenvalue weighted by Gasteiger charge is 2.13. The van der Waals surface area contributed by atoms with E-state index in [0.717, 1.165) is 5.56 Å². The van der Waals surface area contributed by atoms with Crippen molar-refractivity contribution in [3.63, 3.8) is 0 Å². The molecule has 0 saturated carbocycles. The van der Waals surface area contributed by atoms with Gasteiger partial charge in [-0.3, -0.25) is 4.79 Å². The number of carbonyl (C=O) groups excluding carboxylic acids is 1. The highest BCUT2D eigenvalue weighted by molar-refractivity contribution is 5.98. The van der Waals surface area contributed by atoms with Crippen LogP contribution in [0.3, 0.4) is 0 Å². The van der Waals surface area contributed by atoms with Crippen LogP contribution in [0.5, 0.6) is 0 Å². The molecule has 0 spiro atoms. The molecule has 0 fully saturated rings. The molecule has 0 radical (unpaired) electrons. The van der Waals surface area contributed by atoms with Gasteiger partial charge in [-0.05, 0) is 24.6 Å². The van der Waals surface area contributed by atoms with Crippen molar-refractivity contribution < 1.29 is 4.79 Å². The summed E-state index contributed by atoms with van der Waals surface area (Å²) in [7, 11) is 3.75. The van der Waals surface area contributed by atoms with E-state index in [1.165, 1.54) is 5.56 Å². The van der Waals surface area contributed by atoms with E-state index in [2.05, 4.69) is 10.3 Å². The first-order valence-electron chi connectivity index (χ1n) is 6.54. The largest absolute Gasteiger partial charge is 0.362 e. The molecule has 20 heavy (non-hydrogen) atoms. The molecule has 0 aliphatic heterocycles. The zero-order chi connectivity index (χ0) is 14.5. The molecule has 1 heterocycles. The van der Waals surface area contributed by atoms with Gasteiger partial charge in [0.2, 0.25) is 0 Å². The third-order valence-electron chi connectivity index (χ3n) is 3.03. The van der Waals surface area contributed by atoms with E-state index in [0.29, 0.717) is 17.9 Å². The highest BCUT2D eigenvalue weighted by atomic mass is 16.1. The number of anilines is 1. The van der Waals surface area contributed by atoms with E-state index in [4.69, 9.17) is 0 Å². The zero-order valence-electron chi connectivity index (χ0n) is 12.1. The fourth-order valence-corrected chi connectivity index (χ4v) is 1.91. The maximum Gasteiger partial charge on any atom is 0.255 e. The van der Waals surface area contributed by atoms with Crippen LogP contribution in [0.15, 0.2) is 42.6 Å². The summed E-state index contributed by atoms with van der Waals surface area (Å²) in [6.45, 7) is 2.56. The van der Waals surface area contributed by atoms with Gasteiger partial charge >= 0.3 is 0 Å². The number of amides is 1. The van der Waals surface area contributed by atoms with Crippen molar-refractivity contribution in [2.45, 2.75) is 13.5 Å². The summed E-state index contributed by atoms with van der Waals surface area (Å²) >= 11 is 0. The average Bonchev–Trinajstić information content (AvgIpc) is 2.46. The lowest BCUT2D eigenvalue weighted by molar-refractivity contribution is 0.0951. The first-order valence-corrected chi connectivity index (χ1v) is 6.54. The number of nitrogens with one attached hydrogen (secondary N) is 1. The van der Waals surface area contributed by atoms with Gasteiger partial charge in [0.15, 0.2) is 0 Å². The van der Waals surface area contributed by atoms with Crippen LogP contribution >= 0.6 is 0 Å². The number of hydrogen-bond donors (Lipinski definition) is 1. The number of hydrogen-bond acceptors (Lipinski definition) is 3. The molecule has 1 aromatic heterocycles. The van der Waals surface area contributed by atoms with Gasteiger partial charge in [-0.1, -0.05) is 29.8 Å². The normalized spacial score (nSPS) is 10.2. The molecule has 2 rings (SSSR count). The van der Waals surface area contributed by atoms with Gasteiger partial charge < -0.3 is 10.2 Å². The Morgan fingerprint density at radius 3 is 2.55 bits per heavy atom. The molecule has 1 aromatic carbocycles. The van der Waals surface area contributed by atoms with E-state index in [1.54, 1.807) is 18.3 Å². The van der Waals surface area contributed by atoms with Gasteiger partial charge in [0.1, 0.15) is 5.82 Å². The fourth-order valence-electron chi connectivity index (χ4n) is 1.91. The summed E-state index contributed by atoms with van der Waals surface area (Å²) in [4.78, 5) is 18.3. The molecule has 104 valence electrons. The summed E-state index contributed by atoms with van der Waals surface area (Å²) < 4.78 is 0. The van der Waals surface area contributed by atoms with E-state index in [1.807, 2.05) is 50.2 Å². The Morgan fingerprint density at radius 2 is 1.90 bits per heavy atom. The molecule has 0 atom stereocenters. The van der Waals surface area contributed by atoms with Gasteiger partial charge in [0.05, 0.1) is 5.56 Å². The Kier molecular flexibility index (Phi) is 4.35. The Bertz CT molecular complexity index is 591. The second-order valence-corrected chi connectivity index (χ2v) is 4.94. The summed E-state index contributed by atoms with van der Waals surface area (Å²) in [5.41, 5.74) is 2.88. The molecular formula is C16H19N3O. The second kappa shape index (κ2) is 6.19. The highest BCUT2D eigenvalue weighted by Crippen LogP contribution is 2.14. The molecule has 0 saturated heterocycles. The number of nitrogens with zero attached hydrogens (tertiary/aromatic N) is 2. The van der Waals surface area contributed by atoms with Crippen LogP contribution in [0.25, 0.3) is 0 Å². The summed E-state index contributed by atoms with van der Waals surface area (Å²) in [5, 5.41) is 2.92. The second-order valence-electron chi connectivity index (χ2n) is 4.94. The quantitative estimate of drug-likeness (QED) is 0.927. The Balaban J connectivity index is 2.07. The van der Waals surface area contributed by atoms with Crippen molar-refractivity contribution >= 4 is 11.7 Å². The minimum atomic E-state index is -0.109. The molecule has 0 bridgehead atoms. The van der Waals surface area contributed by atoms with Crippen LogP contribution in [-0.2, 0) is 6.54 Å². The minimum Gasteiger partial charge on any atom is -0.362 e. The van der Waals surface area contributed by atoms with E-state index in [-0.39, 0.29) is 5.91 Å². The van der Waals surface area contributed by atoms with Gasteiger partial charge in [0.25, 0.3) is 5.91 Å². The van der Waals surface area contributed by atoms with Gasteiger partial charge in [-0.25, -0.2) is 4.98 Å². The van der Waals surface area contributed by atoms with E-state index < -0.39 is 0 Å². The third-order valence-corrected chi connectivity index (χ3v) is 3.03. The maximum absolute atomic E-state index is 12.2. The molecule has 4 nitrogen and oxygen atoms in total. The molecule has 2 aromatic rings. The summed E-state index contributed by atoms with van der Waals surface area (Å²) in [5.74, 6) is 0.566. The van der Waals surface area contributed by atoms with Crippen molar-refractivity contribution in [2.24, 2.45) is 0 Å². The van der Waals surface area contributed by atoms with Gasteiger partial charge in [-0.2, -0.15) is 0 Å². The number of aryl methyl sites for hydroxylation is 1. The zero-order valence-corrected chi connectivity index (χ0v) is 12.1. The summed E-state index contributed by atoms with van der Waals surface area (Å²) in [6, 6.07) is 11.7. The molecule has 4 heteroatoms. The lowest BCUT2D eigenvalue weighted by Crippen LogP contribution is -2.25. The standard InChI is InChI=1S/C16H19N3O/c1-12-6-8-13(9-7-12)11-18-16(20)14-5-4-10-17-15(14)19(2)3/h4-10H,11H2,1-3H3,(H,18,20). The molecule has 1 amide bonds. The lowest BCUT2D eigenvalue weighted by atomic mass is 10.1. The van der Waals surface area contributed by atoms with Crippen molar-refractivity contribution in [1.82, 2.24) is 10.3 Å². The number of benzene rings is 1. The Morgan fingerprint density at radius 1 is 1.20 bits per heavy atom. The molecule has 0 aliphatic carbocycles. The van der Waals surface area contributed by atoms with E-state index in [9.17, 15) is 4.79 Å². The van der Waals surface area contributed by atoms with Crippen LogP contribution in [-0.4, -0.2) is 25.0 Å². The van der Waals surface area contributed by atoms with Crippen molar-refractivity contribution in [2.75, 3.05) is 19.0 Å². The molecule has 0 aliphatic rings. The van der Waals surface area contributed by atoms with Crippen molar-refractivity contribution in [3.05, 3.63) is 59.3 Å². The number of aromatic nitrogens is 1. The van der Waals surface area contributed by atoms with Crippen molar-refractivity contribution in [1.29, 1.82) is 0 Å². The summed E-state index contributed by atoms with van der Waals surface area (Å²) in [6.07, 6.45) is 1.69. The smallest absolute Gasteiger partial charge is 0.255 e. The van der Waals surface area contributed by atoms with Crippen LogP contribution in [0, 0.1) is 6.92 Å². The Hall–Kier alpha value is -2.36. The van der Waals surface area contributed by atoms with Crippen LogP contribution in [0.1, 0.15) is 21.5 Å². The van der Waals surface area contributed by atoms with Gasteiger partial charge in [0, 0.05) is 26.8 Å². The first kappa shape index (κ1) is 14.1. The van der Waals surface area contributed by atoms with Gasteiger partial charge in [-0.15, -0.1) is 0 Å². The average molecular weight is 269 g/mol. The number of pyridine rings is 1. The maximum atomic E-state index is 12.2. The fraction of sp³-hybridized carbons (Fsp3) is 0.250. The molecular weight excluding hydrogens is 250 g/mol. The SMILES string of the molecule is Cc1ccc(CNC(=O)c2cccnc2N(C)C)cc1. The van der Waals surface area contributed by atoms with Crippen LogP contribution < -0.4 is 10.2 Å². The topological polar surface area (TPSA) is 45.2 Å². The number of rotatable bonds is 4. The predicted molar refractivity (Wildman–Crippen MR) is 80.9 cm³/mol. The minimum absolute atomic E-state index is 0.109.